The summed E-state index contributed by atoms with van der Waals surface area (Å²) in [6, 6.07) is 10.2. The maximum Gasteiger partial charge on any atom is 0.288 e. The van der Waals surface area contributed by atoms with Gasteiger partial charge in [-0.05, 0) is 30.4 Å². The van der Waals surface area contributed by atoms with Gasteiger partial charge in [0.2, 0.25) is 5.89 Å². The zero-order valence-corrected chi connectivity index (χ0v) is 15.8. The third kappa shape index (κ3) is 3.92. The van der Waals surface area contributed by atoms with Gasteiger partial charge >= 0.3 is 0 Å². The Morgan fingerprint density at radius 2 is 1.89 bits per heavy atom. The van der Waals surface area contributed by atoms with Gasteiger partial charge in [0, 0.05) is 62.0 Å². The molecule has 1 fully saturated rings. The molecule has 1 aliphatic rings. The van der Waals surface area contributed by atoms with Crippen LogP contribution in [0.2, 0.25) is 0 Å². The third-order valence-corrected chi connectivity index (χ3v) is 4.94. The van der Waals surface area contributed by atoms with Gasteiger partial charge < -0.3 is 9.32 Å². The largest absolute Gasteiger partial charge is 0.409 e. The SMILES string of the molecule is O=[N+]([O-])c1cccc(-c2nn(CN3CCN(c4ccncc4)CC3)c(=S)o2)c1. The number of nitrogens with zero attached hydrogens (tertiary/aromatic N) is 6. The number of pyridine rings is 1. The van der Waals surface area contributed by atoms with Gasteiger partial charge in [0.1, 0.15) is 0 Å². The Hall–Kier alpha value is -3.11. The molecule has 0 aliphatic carbocycles. The van der Waals surface area contributed by atoms with Crippen molar-refractivity contribution in [3.05, 3.63) is 63.7 Å². The van der Waals surface area contributed by atoms with Crippen molar-refractivity contribution in [2.45, 2.75) is 6.67 Å². The minimum atomic E-state index is -0.447. The number of nitro benzene ring substituents is 1. The lowest BCUT2D eigenvalue weighted by Gasteiger charge is -2.35. The van der Waals surface area contributed by atoms with E-state index in [1.165, 1.54) is 17.8 Å². The summed E-state index contributed by atoms with van der Waals surface area (Å²) in [5.41, 5.74) is 1.68. The van der Waals surface area contributed by atoms with Crippen molar-refractivity contribution in [3.63, 3.8) is 0 Å². The number of non-ortho nitro benzene ring substituents is 1. The van der Waals surface area contributed by atoms with Crippen LogP contribution in [-0.4, -0.2) is 50.8 Å². The van der Waals surface area contributed by atoms with E-state index >= 15 is 0 Å². The summed E-state index contributed by atoms with van der Waals surface area (Å²) in [6.07, 6.45) is 3.59. The third-order valence-electron chi connectivity index (χ3n) is 4.64. The molecule has 0 spiro atoms. The van der Waals surface area contributed by atoms with Crippen molar-refractivity contribution in [3.8, 4) is 11.5 Å². The van der Waals surface area contributed by atoms with E-state index in [9.17, 15) is 10.1 Å². The Morgan fingerprint density at radius 3 is 2.61 bits per heavy atom. The molecule has 0 amide bonds. The Balaban J connectivity index is 1.43. The predicted molar refractivity (Wildman–Crippen MR) is 105 cm³/mol. The lowest BCUT2D eigenvalue weighted by Crippen LogP contribution is -2.46. The molecule has 0 radical (unpaired) electrons. The van der Waals surface area contributed by atoms with Gasteiger partial charge in [-0.2, -0.15) is 0 Å². The Morgan fingerprint density at radius 1 is 1.14 bits per heavy atom. The number of rotatable bonds is 5. The number of benzene rings is 1. The fraction of sp³-hybridized carbons (Fsp3) is 0.278. The predicted octanol–water partition coefficient (Wildman–Crippen LogP) is 2.96. The fourth-order valence-corrected chi connectivity index (χ4v) is 3.33. The summed E-state index contributed by atoms with van der Waals surface area (Å²) in [7, 11) is 0. The average Bonchev–Trinajstić information content (AvgIpc) is 3.10. The highest BCUT2D eigenvalue weighted by Crippen LogP contribution is 2.23. The molecule has 9 nitrogen and oxygen atoms in total. The van der Waals surface area contributed by atoms with Gasteiger partial charge in [-0.15, -0.1) is 5.10 Å². The fourth-order valence-electron chi connectivity index (χ4n) is 3.16. The second-order valence-corrected chi connectivity index (χ2v) is 6.78. The van der Waals surface area contributed by atoms with Crippen LogP contribution in [-0.2, 0) is 6.67 Å². The van der Waals surface area contributed by atoms with Gasteiger partial charge in [0.25, 0.3) is 10.5 Å². The molecule has 0 N–H and O–H groups in total. The van der Waals surface area contributed by atoms with Crippen molar-refractivity contribution in [2.24, 2.45) is 0 Å². The van der Waals surface area contributed by atoms with Crippen LogP contribution in [0.25, 0.3) is 11.5 Å². The first kappa shape index (κ1) is 18.3. The molecule has 0 unspecified atom stereocenters. The molecule has 4 rings (SSSR count). The maximum absolute atomic E-state index is 11.0. The first-order valence-corrected chi connectivity index (χ1v) is 9.21. The van der Waals surface area contributed by atoms with Gasteiger partial charge in [-0.1, -0.05) is 6.07 Å². The van der Waals surface area contributed by atoms with Crippen LogP contribution in [0.3, 0.4) is 0 Å². The second kappa shape index (κ2) is 7.87. The molecule has 28 heavy (non-hydrogen) atoms. The number of hydrogen-bond acceptors (Lipinski definition) is 8. The smallest absolute Gasteiger partial charge is 0.288 e. The molecule has 3 heterocycles. The van der Waals surface area contributed by atoms with Crippen molar-refractivity contribution < 1.29 is 9.34 Å². The molecule has 0 atom stereocenters. The molecular formula is C18H18N6O3S. The van der Waals surface area contributed by atoms with E-state index in [-0.39, 0.29) is 16.4 Å². The molecule has 1 aliphatic heterocycles. The van der Waals surface area contributed by atoms with Crippen LogP contribution in [0.15, 0.2) is 53.2 Å². The molecule has 10 heteroatoms. The zero-order valence-electron chi connectivity index (χ0n) is 15.0. The molecule has 144 valence electrons. The van der Waals surface area contributed by atoms with E-state index in [1.54, 1.807) is 29.2 Å². The topological polar surface area (TPSA) is 93.5 Å². The van der Waals surface area contributed by atoms with Crippen LogP contribution >= 0.6 is 12.2 Å². The van der Waals surface area contributed by atoms with E-state index < -0.39 is 4.92 Å². The maximum atomic E-state index is 11.0. The standard InChI is InChI=1S/C18H18N6O3S/c25-24(26)16-3-1-2-14(12-16)17-20-23(18(28)27-17)13-21-8-10-22(11-9-21)15-4-6-19-7-5-15/h1-7,12H,8-11,13H2. The van der Waals surface area contributed by atoms with E-state index in [2.05, 4.69) is 19.9 Å². The zero-order chi connectivity index (χ0) is 19.5. The molecule has 0 saturated carbocycles. The van der Waals surface area contributed by atoms with E-state index in [4.69, 9.17) is 16.6 Å². The highest BCUT2D eigenvalue weighted by atomic mass is 32.1. The number of hydrogen-bond donors (Lipinski definition) is 0. The summed E-state index contributed by atoms with van der Waals surface area (Å²) < 4.78 is 7.18. The molecule has 0 bridgehead atoms. The second-order valence-electron chi connectivity index (χ2n) is 6.43. The van der Waals surface area contributed by atoms with Crippen molar-refractivity contribution in [1.82, 2.24) is 19.7 Å². The molecule has 1 saturated heterocycles. The van der Waals surface area contributed by atoms with E-state index in [1.807, 2.05) is 12.1 Å². The lowest BCUT2D eigenvalue weighted by molar-refractivity contribution is -0.384. The normalized spacial score (nSPS) is 14.9. The summed E-state index contributed by atoms with van der Waals surface area (Å²) in [5.74, 6) is 0.282. The summed E-state index contributed by atoms with van der Waals surface area (Å²) >= 11 is 5.28. The number of anilines is 1. The first-order valence-electron chi connectivity index (χ1n) is 8.80. The average molecular weight is 398 g/mol. The highest BCUT2D eigenvalue weighted by molar-refractivity contribution is 7.71. The Bertz CT molecular complexity index is 1030. The monoisotopic (exact) mass is 398 g/mol. The molecule has 3 aromatic rings. The number of nitro groups is 1. The summed E-state index contributed by atoms with van der Waals surface area (Å²) in [4.78, 5) is 19.4. The molecular weight excluding hydrogens is 380 g/mol. The Kier molecular flexibility index (Phi) is 5.13. The first-order chi connectivity index (χ1) is 13.6. The molecule has 2 aromatic heterocycles. The minimum Gasteiger partial charge on any atom is -0.409 e. The van der Waals surface area contributed by atoms with Crippen molar-refractivity contribution in [2.75, 3.05) is 31.1 Å². The van der Waals surface area contributed by atoms with Gasteiger partial charge in [-0.25, -0.2) is 4.68 Å². The summed E-state index contributed by atoms with van der Waals surface area (Å²) in [5, 5.41) is 15.4. The van der Waals surface area contributed by atoms with Crippen LogP contribution < -0.4 is 4.90 Å². The van der Waals surface area contributed by atoms with Gasteiger partial charge in [-0.3, -0.25) is 20.0 Å². The van der Waals surface area contributed by atoms with E-state index in [0.29, 0.717) is 12.2 Å². The van der Waals surface area contributed by atoms with Crippen LogP contribution in [0, 0.1) is 15.0 Å². The van der Waals surface area contributed by atoms with E-state index in [0.717, 1.165) is 26.2 Å². The quantitative estimate of drug-likeness (QED) is 0.368. The number of piperazine rings is 1. The summed E-state index contributed by atoms with van der Waals surface area (Å²) in [6.45, 7) is 4.04. The minimum absolute atomic E-state index is 0.0135. The number of aromatic nitrogens is 3. The highest BCUT2D eigenvalue weighted by Gasteiger charge is 2.19. The lowest BCUT2D eigenvalue weighted by atomic mass is 10.2. The van der Waals surface area contributed by atoms with Crippen molar-refractivity contribution in [1.29, 1.82) is 0 Å². The van der Waals surface area contributed by atoms with Crippen molar-refractivity contribution >= 4 is 23.6 Å². The van der Waals surface area contributed by atoms with Gasteiger partial charge in [0.05, 0.1) is 11.6 Å². The van der Waals surface area contributed by atoms with Crippen LogP contribution in [0.5, 0.6) is 0 Å². The molecule has 1 aromatic carbocycles. The Labute approximate surface area is 166 Å². The van der Waals surface area contributed by atoms with Gasteiger partial charge in [0.15, 0.2) is 0 Å². The van der Waals surface area contributed by atoms with Crippen LogP contribution in [0.4, 0.5) is 11.4 Å². The van der Waals surface area contributed by atoms with Crippen LogP contribution in [0.1, 0.15) is 0 Å².